The van der Waals surface area contributed by atoms with Crippen molar-refractivity contribution >= 4 is 34.3 Å². The lowest BCUT2D eigenvalue weighted by atomic mass is 10.2. The van der Waals surface area contributed by atoms with Crippen LogP contribution in [0.3, 0.4) is 0 Å². The van der Waals surface area contributed by atoms with Gasteiger partial charge >= 0.3 is 5.97 Å². The summed E-state index contributed by atoms with van der Waals surface area (Å²) in [5, 5.41) is 9.34. The van der Waals surface area contributed by atoms with E-state index in [9.17, 15) is 9.59 Å². The highest BCUT2D eigenvalue weighted by atomic mass is 32.2. The second-order valence-corrected chi connectivity index (χ2v) is 5.19. The summed E-state index contributed by atoms with van der Waals surface area (Å²) in [7, 11) is 0. The molecule has 0 saturated heterocycles. The number of ether oxygens (including phenoxy) is 1. The Morgan fingerprint density at radius 2 is 2.10 bits per heavy atom. The number of Topliss-reactive ketones (excluding diaryl/α,β-unsaturated/α-hetero) is 1. The first-order valence-corrected chi connectivity index (χ1v) is 7.05. The Balaban J connectivity index is 2.34. The summed E-state index contributed by atoms with van der Waals surface area (Å²) < 4.78 is 4.92. The molecule has 0 aliphatic heterocycles. The van der Waals surface area contributed by atoms with Crippen LogP contribution >= 0.6 is 11.8 Å². The van der Waals surface area contributed by atoms with Crippen molar-refractivity contribution in [2.45, 2.75) is 24.1 Å². The van der Waals surface area contributed by atoms with Crippen molar-refractivity contribution < 1.29 is 14.3 Å². The maximum Gasteiger partial charge on any atom is 0.327 e. The maximum absolute atomic E-state index is 11.8. The summed E-state index contributed by atoms with van der Waals surface area (Å²) in [6.45, 7) is 3.31. The summed E-state index contributed by atoms with van der Waals surface area (Å²) >= 11 is 1.08. The van der Waals surface area contributed by atoms with Crippen molar-refractivity contribution in [2.24, 2.45) is 0 Å². The fraction of sp³-hybridized carbons (Fsp3) is 0.286. The molecule has 20 heavy (non-hydrogen) atoms. The Kier molecular flexibility index (Phi) is 4.68. The molecule has 0 spiro atoms. The van der Waals surface area contributed by atoms with Crippen LogP contribution in [0.2, 0.25) is 0 Å². The van der Waals surface area contributed by atoms with Crippen molar-refractivity contribution in [3.63, 3.8) is 0 Å². The Bertz CT molecular complexity index is 640. The number of esters is 1. The molecule has 1 aromatic heterocycles. The molecular weight excluding hydrogens is 276 g/mol. The molecule has 5 nitrogen and oxygen atoms in total. The second kappa shape index (κ2) is 6.47. The lowest BCUT2D eigenvalue weighted by Crippen LogP contribution is -2.27. The summed E-state index contributed by atoms with van der Waals surface area (Å²) in [4.78, 5) is 23.4. The van der Waals surface area contributed by atoms with E-state index in [2.05, 4.69) is 10.2 Å². The van der Waals surface area contributed by atoms with Gasteiger partial charge in [-0.15, -0.1) is 5.10 Å². The summed E-state index contributed by atoms with van der Waals surface area (Å²) in [5.74, 6) is -0.803. The number of carbonyl (C=O) groups excluding carboxylic acids is 2. The van der Waals surface area contributed by atoms with E-state index in [4.69, 9.17) is 4.74 Å². The third kappa shape index (κ3) is 3.14. The van der Waals surface area contributed by atoms with E-state index in [0.29, 0.717) is 5.03 Å². The van der Waals surface area contributed by atoms with Gasteiger partial charge in [0.25, 0.3) is 0 Å². The van der Waals surface area contributed by atoms with Crippen LogP contribution in [0.4, 0.5) is 0 Å². The third-order valence-corrected chi connectivity index (χ3v) is 3.92. The van der Waals surface area contributed by atoms with Crippen molar-refractivity contribution in [2.75, 3.05) is 6.61 Å². The molecule has 1 heterocycles. The van der Waals surface area contributed by atoms with Crippen LogP contribution in [0.5, 0.6) is 0 Å². The van der Waals surface area contributed by atoms with Crippen LogP contribution < -0.4 is 0 Å². The van der Waals surface area contributed by atoms with E-state index < -0.39 is 11.2 Å². The quantitative estimate of drug-likeness (QED) is 0.478. The largest absolute Gasteiger partial charge is 0.465 e. The van der Waals surface area contributed by atoms with Gasteiger partial charge in [-0.25, -0.2) is 0 Å². The number of ketones is 1. The number of benzene rings is 1. The van der Waals surface area contributed by atoms with E-state index in [1.165, 1.54) is 6.92 Å². The van der Waals surface area contributed by atoms with Gasteiger partial charge in [-0.2, -0.15) is 5.10 Å². The summed E-state index contributed by atoms with van der Waals surface area (Å²) in [6, 6.07) is 7.56. The van der Waals surface area contributed by atoms with Crippen LogP contribution in [-0.4, -0.2) is 33.8 Å². The van der Waals surface area contributed by atoms with E-state index in [0.717, 1.165) is 22.5 Å². The molecular formula is C14H14N2O3S. The molecule has 0 bridgehead atoms. The predicted molar refractivity (Wildman–Crippen MR) is 76.5 cm³/mol. The number of nitrogens with zero attached hydrogens (tertiary/aromatic N) is 2. The van der Waals surface area contributed by atoms with Crippen molar-refractivity contribution in [1.82, 2.24) is 10.2 Å². The highest BCUT2D eigenvalue weighted by Crippen LogP contribution is 2.29. The highest BCUT2D eigenvalue weighted by molar-refractivity contribution is 8.01. The fourth-order valence-corrected chi connectivity index (χ4v) is 2.68. The van der Waals surface area contributed by atoms with Gasteiger partial charge in [-0.1, -0.05) is 36.0 Å². The van der Waals surface area contributed by atoms with Gasteiger partial charge in [0.2, 0.25) is 0 Å². The van der Waals surface area contributed by atoms with Gasteiger partial charge in [-0.05, 0) is 13.8 Å². The number of aromatic nitrogens is 2. The predicted octanol–water partition coefficient (Wildman–Crippen LogP) is 2.24. The molecule has 0 aliphatic rings. The molecule has 0 radical (unpaired) electrons. The molecule has 6 heteroatoms. The molecule has 0 N–H and O–H groups in total. The number of hydrogen-bond acceptors (Lipinski definition) is 6. The molecule has 0 saturated carbocycles. The van der Waals surface area contributed by atoms with Gasteiger partial charge in [0, 0.05) is 10.8 Å². The minimum atomic E-state index is -0.907. The van der Waals surface area contributed by atoms with E-state index in [1.807, 2.05) is 24.3 Å². The zero-order valence-electron chi connectivity index (χ0n) is 11.2. The number of thioether (sulfide) groups is 1. The molecule has 2 rings (SSSR count). The van der Waals surface area contributed by atoms with Crippen molar-refractivity contribution in [3.8, 4) is 0 Å². The standard InChI is InChI=1S/C14H14N2O3S/c1-3-19-14(18)12(9(2)17)20-13-11-7-5-4-6-10(11)8-15-16-13/h4-8,12H,3H2,1-2H3/t12-/m1/s1. The molecule has 2 aromatic rings. The van der Waals surface area contributed by atoms with Crippen LogP contribution in [-0.2, 0) is 14.3 Å². The van der Waals surface area contributed by atoms with Crippen molar-refractivity contribution in [1.29, 1.82) is 0 Å². The van der Waals surface area contributed by atoms with Crippen LogP contribution in [0.25, 0.3) is 10.8 Å². The fourth-order valence-electron chi connectivity index (χ4n) is 1.72. The zero-order valence-corrected chi connectivity index (χ0v) is 12.0. The van der Waals surface area contributed by atoms with E-state index in [1.54, 1.807) is 13.1 Å². The molecule has 1 aromatic carbocycles. The average Bonchev–Trinajstić information content (AvgIpc) is 2.44. The number of rotatable bonds is 5. The van der Waals surface area contributed by atoms with Gasteiger partial charge < -0.3 is 4.74 Å². The minimum absolute atomic E-state index is 0.240. The number of fused-ring (bicyclic) bond motifs is 1. The summed E-state index contributed by atoms with van der Waals surface area (Å²) in [5.41, 5.74) is 0. The number of hydrogen-bond donors (Lipinski definition) is 0. The first kappa shape index (κ1) is 14.5. The normalized spacial score (nSPS) is 12.1. The lowest BCUT2D eigenvalue weighted by Gasteiger charge is -2.12. The van der Waals surface area contributed by atoms with Gasteiger partial charge in [-0.3, -0.25) is 9.59 Å². The molecule has 104 valence electrons. The Morgan fingerprint density at radius 1 is 1.35 bits per heavy atom. The van der Waals surface area contributed by atoms with Crippen LogP contribution in [0, 0.1) is 0 Å². The number of carbonyl (C=O) groups is 2. The second-order valence-electron chi connectivity index (χ2n) is 4.10. The maximum atomic E-state index is 11.8. The Morgan fingerprint density at radius 3 is 2.80 bits per heavy atom. The third-order valence-electron chi connectivity index (χ3n) is 2.64. The first-order chi connectivity index (χ1) is 9.63. The lowest BCUT2D eigenvalue weighted by molar-refractivity contribution is -0.144. The molecule has 0 fully saturated rings. The Labute approximate surface area is 120 Å². The topological polar surface area (TPSA) is 69.2 Å². The molecule has 0 unspecified atom stereocenters. The van der Waals surface area contributed by atoms with Gasteiger partial charge in [0.05, 0.1) is 12.8 Å². The van der Waals surface area contributed by atoms with Gasteiger partial charge in [0.15, 0.2) is 11.0 Å². The minimum Gasteiger partial charge on any atom is -0.465 e. The van der Waals surface area contributed by atoms with E-state index >= 15 is 0 Å². The highest BCUT2D eigenvalue weighted by Gasteiger charge is 2.27. The smallest absolute Gasteiger partial charge is 0.327 e. The zero-order chi connectivity index (χ0) is 14.5. The van der Waals surface area contributed by atoms with Crippen LogP contribution in [0.1, 0.15) is 13.8 Å². The molecule has 0 aliphatic carbocycles. The first-order valence-electron chi connectivity index (χ1n) is 6.17. The summed E-state index contributed by atoms with van der Waals surface area (Å²) in [6.07, 6.45) is 1.65. The Hall–Kier alpha value is -1.95. The van der Waals surface area contributed by atoms with Crippen molar-refractivity contribution in [3.05, 3.63) is 30.5 Å². The van der Waals surface area contributed by atoms with E-state index in [-0.39, 0.29) is 12.4 Å². The average molecular weight is 290 g/mol. The van der Waals surface area contributed by atoms with Crippen LogP contribution in [0.15, 0.2) is 35.5 Å². The monoisotopic (exact) mass is 290 g/mol. The molecule has 0 amide bonds. The van der Waals surface area contributed by atoms with Gasteiger partial charge in [0.1, 0.15) is 5.03 Å². The molecule has 1 atom stereocenters. The SMILES string of the molecule is CCOC(=O)[C@H](Sc1nncc2ccccc12)C(C)=O.